The Morgan fingerprint density at radius 1 is 1.08 bits per heavy atom. The monoisotopic (exact) mass is 382 g/mol. The van der Waals surface area contributed by atoms with Gasteiger partial charge in [0.25, 0.3) is 5.91 Å². The van der Waals surface area contributed by atoms with Gasteiger partial charge in [-0.25, -0.2) is 13.2 Å². The molecule has 2 aromatic rings. The highest BCUT2D eigenvalue weighted by Crippen LogP contribution is 2.23. The van der Waals surface area contributed by atoms with Gasteiger partial charge in [0.1, 0.15) is 0 Å². The van der Waals surface area contributed by atoms with E-state index in [0.717, 1.165) is 6.26 Å². The molecule has 0 aliphatic carbocycles. The molecule has 0 saturated heterocycles. The van der Waals surface area contributed by atoms with E-state index in [-0.39, 0.29) is 21.8 Å². The first kappa shape index (κ1) is 18.8. The molecule has 0 unspecified atom stereocenters. The number of amides is 1. The van der Waals surface area contributed by atoms with Crippen LogP contribution in [0.2, 0.25) is 5.02 Å². The largest absolute Gasteiger partial charge is 0.465 e. The molecule has 132 valence electrons. The third kappa shape index (κ3) is 5.20. The Kier molecular flexibility index (Phi) is 5.66. The summed E-state index contributed by atoms with van der Waals surface area (Å²) in [6.07, 6.45) is 1.000. The van der Waals surface area contributed by atoms with Gasteiger partial charge in [-0.1, -0.05) is 17.7 Å². The van der Waals surface area contributed by atoms with E-state index in [1.165, 1.54) is 31.4 Å². The number of methoxy groups -OCH3 is 1. The first-order valence-electron chi connectivity index (χ1n) is 6.96. The second kappa shape index (κ2) is 7.54. The average Bonchev–Trinajstić information content (AvgIpc) is 2.54. The van der Waals surface area contributed by atoms with Crippen LogP contribution in [-0.4, -0.2) is 33.7 Å². The first-order valence-corrected chi connectivity index (χ1v) is 9.23. The molecule has 7 nitrogen and oxygen atoms in total. The van der Waals surface area contributed by atoms with Gasteiger partial charge in [0.15, 0.2) is 0 Å². The van der Waals surface area contributed by atoms with Crippen molar-refractivity contribution >= 4 is 44.9 Å². The molecule has 2 N–H and O–H groups in total. The van der Waals surface area contributed by atoms with Crippen molar-refractivity contribution in [1.29, 1.82) is 0 Å². The maximum absolute atomic E-state index is 12.4. The number of ether oxygens (including phenoxy) is 1. The lowest BCUT2D eigenvalue weighted by Gasteiger charge is -2.10. The number of hydrogen-bond acceptors (Lipinski definition) is 5. The van der Waals surface area contributed by atoms with E-state index in [2.05, 4.69) is 14.8 Å². The van der Waals surface area contributed by atoms with Gasteiger partial charge in [-0.2, -0.15) is 0 Å². The van der Waals surface area contributed by atoms with Crippen LogP contribution in [0.5, 0.6) is 0 Å². The second-order valence-corrected chi connectivity index (χ2v) is 7.25. The van der Waals surface area contributed by atoms with Crippen molar-refractivity contribution in [2.75, 3.05) is 23.4 Å². The highest BCUT2D eigenvalue weighted by atomic mass is 35.5. The lowest BCUT2D eigenvalue weighted by atomic mass is 10.1. The van der Waals surface area contributed by atoms with Gasteiger partial charge in [0.05, 0.1) is 29.5 Å². The molecule has 25 heavy (non-hydrogen) atoms. The summed E-state index contributed by atoms with van der Waals surface area (Å²) in [6, 6.07) is 10.4. The standard InChI is InChI=1S/C16H15ClN2O5S/c1-24-16(21)10-4-3-5-11(8-10)18-15(20)13-9-12(6-7-14(13)17)19-25(2,22)23/h3-9,19H,1-2H3,(H,18,20). The first-order chi connectivity index (χ1) is 11.7. The van der Waals surface area contributed by atoms with Crippen molar-refractivity contribution in [2.45, 2.75) is 0 Å². The number of nitrogens with one attached hydrogen (secondary N) is 2. The third-order valence-electron chi connectivity index (χ3n) is 3.06. The number of halogens is 1. The number of sulfonamides is 1. The molecule has 9 heteroatoms. The van der Waals surface area contributed by atoms with E-state index >= 15 is 0 Å². The lowest BCUT2D eigenvalue weighted by molar-refractivity contribution is 0.0600. The summed E-state index contributed by atoms with van der Waals surface area (Å²) < 4.78 is 29.5. The molecule has 0 fully saturated rings. The van der Waals surface area contributed by atoms with Crippen molar-refractivity contribution in [1.82, 2.24) is 0 Å². The Morgan fingerprint density at radius 2 is 1.80 bits per heavy atom. The van der Waals surface area contributed by atoms with E-state index in [0.29, 0.717) is 5.69 Å². The maximum atomic E-state index is 12.4. The van der Waals surface area contributed by atoms with E-state index in [9.17, 15) is 18.0 Å². The van der Waals surface area contributed by atoms with E-state index in [4.69, 9.17) is 11.6 Å². The van der Waals surface area contributed by atoms with E-state index in [1.807, 2.05) is 0 Å². The fourth-order valence-electron chi connectivity index (χ4n) is 2.02. The lowest BCUT2D eigenvalue weighted by Crippen LogP contribution is -2.15. The molecule has 0 aliphatic rings. The number of hydrogen-bond donors (Lipinski definition) is 2. The minimum Gasteiger partial charge on any atom is -0.465 e. The molecule has 0 aromatic heterocycles. The normalized spacial score (nSPS) is 10.8. The van der Waals surface area contributed by atoms with Crippen molar-refractivity contribution in [3.8, 4) is 0 Å². The predicted octanol–water partition coefficient (Wildman–Crippen LogP) is 2.75. The second-order valence-electron chi connectivity index (χ2n) is 5.10. The molecule has 0 atom stereocenters. The molecule has 0 heterocycles. The molecule has 0 spiro atoms. The Bertz CT molecular complexity index is 928. The van der Waals surface area contributed by atoms with Crippen LogP contribution in [0.1, 0.15) is 20.7 Å². The number of rotatable bonds is 5. The summed E-state index contributed by atoms with van der Waals surface area (Å²) in [5.41, 5.74) is 0.934. The minimum absolute atomic E-state index is 0.0822. The van der Waals surface area contributed by atoms with Gasteiger partial charge in [-0.3, -0.25) is 9.52 Å². The zero-order valence-corrected chi connectivity index (χ0v) is 14.9. The number of carbonyl (C=O) groups is 2. The fraction of sp³-hybridized carbons (Fsp3) is 0.125. The number of carbonyl (C=O) groups excluding carboxylic acids is 2. The summed E-state index contributed by atoms with van der Waals surface area (Å²) in [6.45, 7) is 0. The van der Waals surface area contributed by atoms with E-state index < -0.39 is 21.9 Å². The molecular weight excluding hydrogens is 368 g/mol. The summed E-state index contributed by atoms with van der Waals surface area (Å²) in [5.74, 6) is -1.09. The number of anilines is 2. The molecule has 0 radical (unpaired) electrons. The van der Waals surface area contributed by atoms with Crippen molar-refractivity contribution in [3.63, 3.8) is 0 Å². The van der Waals surface area contributed by atoms with Crippen LogP contribution in [0, 0.1) is 0 Å². The highest BCUT2D eigenvalue weighted by molar-refractivity contribution is 7.92. The molecule has 0 saturated carbocycles. The van der Waals surface area contributed by atoms with E-state index in [1.54, 1.807) is 18.2 Å². The average molecular weight is 383 g/mol. The Morgan fingerprint density at radius 3 is 2.44 bits per heavy atom. The van der Waals surface area contributed by atoms with Crippen LogP contribution in [0.15, 0.2) is 42.5 Å². The third-order valence-corrected chi connectivity index (χ3v) is 3.99. The van der Waals surface area contributed by atoms with Gasteiger partial charge in [-0.15, -0.1) is 0 Å². The predicted molar refractivity (Wildman–Crippen MR) is 95.7 cm³/mol. The molecule has 2 aromatic carbocycles. The molecule has 1 amide bonds. The van der Waals surface area contributed by atoms with Gasteiger partial charge >= 0.3 is 5.97 Å². The zero-order valence-electron chi connectivity index (χ0n) is 13.4. The van der Waals surface area contributed by atoms with Crippen LogP contribution in [0.3, 0.4) is 0 Å². The fourth-order valence-corrected chi connectivity index (χ4v) is 2.78. The highest BCUT2D eigenvalue weighted by Gasteiger charge is 2.14. The van der Waals surface area contributed by atoms with Crippen molar-refractivity contribution < 1.29 is 22.7 Å². The Hall–Kier alpha value is -2.58. The van der Waals surface area contributed by atoms with Crippen molar-refractivity contribution in [3.05, 3.63) is 58.6 Å². The Labute approximate surface area is 150 Å². The van der Waals surface area contributed by atoms with Gasteiger partial charge in [0, 0.05) is 11.4 Å². The van der Waals surface area contributed by atoms with Crippen molar-refractivity contribution in [2.24, 2.45) is 0 Å². The summed E-state index contributed by atoms with van der Waals surface area (Å²) in [4.78, 5) is 23.9. The smallest absolute Gasteiger partial charge is 0.337 e. The quantitative estimate of drug-likeness (QED) is 0.774. The molecule has 0 bridgehead atoms. The molecule has 2 rings (SSSR count). The van der Waals surface area contributed by atoms with Crippen LogP contribution in [0.4, 0.5) is 11.4 Å². The SMILES string of the molecule is COC(=O)c1cccc(NC(=O)c2cc(NS(C)(=O)=O)ccc2Cl)c1. The molecular formula is C16H15ClN2O5S. The molecule has 0 aliphatic heterocycles. The zero-order chi connectivity index (χ0) is 18.6. The number of esters is 1. The summed E-state index contributed by atoms with van der Waals surface area (Å²) in [5, 5.41) is 2.75. The van der Waals surface area contributed by atoms with Gasteiger partial charge in [0.2, 0.25) is 10.0 Å². The summed E-state index contributed by atoms with van der Waals surface area (Å²) >= 11 is 6.02. The summed E-state index contributed by atoms with van der Waals surface area (Å²) in [7, 11) is -2.23. The number of benzene rings is 2. The minimum atomic E-state index is -3.49. The van der Waals surface area contributed by atoms with Gasteiger partial charge < -0.3 is 10.1 Å². The van der Waals surface area contributed by atoms with Crippen LogP contribution < -0.4 is 10.0 Å². The maximum Gasteiger partial charge on any atom is 0.337 e. The van der Waals surface area contributed by atoms with Gasteiger partial charge in [-0.05, 0) is 36.4 Å². The van der Waals surface area contributed by atoms with Crippen LogP contribution in [0.25, 0.3) is 0 Å². The van der Waals surface area contributed by atoms with Crippen LogP contribution in [-0.2, 0) is 14.8 Å². The Balaban J connectivity index is 2.26. The topological polar surface area (TPSA) is 102 Å². The van der Waals surface area contributed by atoms with Crippen LogP contribution >= 0.6 is 11.6 Å².